The molecular weight excluding hydrogens is 318 g/mol. The molecule has 0 heterocycles. The molecule has 0 aliphatic heterocycles. The van der Waals surface area contributed by atoms with E-state index in [0.29, 0.717) is 0 Å². The van der Waals surface area contributed by atoms with Gasteiger partial charge in [-0.1, -0.05) is 0 Å². The Labute approximate surface area is 116 Å². The SMILES string of the molecule is N#Cc1ccc(Oc2cc(F)c(Br)cc2N)c(F)c1. The third kappa shape index (κ3) is 2.83. The highest BCUT2D eigenvalue weighted by Crippen LogP contribution is 2.33. The molecule has 96 valence electrons. The van der Waals surface area contributed by atoms with E-state index in [0.717, 1.165) is 12.1 Å². The van der Waals surface area contributed by atoms with Crippen LogP contribution in [0.1, 0.15) is 5.56 Å². The summed E-state index contributed by atoms with van der Waals surface area (Å²) in [7, 11) is 0. The monoisotopic (exact) mass is 324 g/mol. The van der Waals surface area contributed by atoms with E-state index < -0.39 is 11.6 Å². The Kier molecular flexibility index (Phi) is 3.67. The second-order valence-electron chi connectivity index (χ2n) is 3.66. The second-order valence-corrected chi connectivity index (χ2v) is 4.52. The first kappa shape index (κ1) is 13.3. The molecule has 0 saturated carbocycles. The van der Waals surface area contributed by atoms with Crippen molar-refractivity contribution in [2.45, 2.75) is 0 Å². The zero-order chi connectivity index (χ0) is 14.0. The number of benzene rings is 2. The van der Waals surface area contributed by atoms with Gasteiger partial charge in [0.2, 0.25) is 0 Å². The maximum Gasteiger partial charge on any atom is 0.167 e. The third-order valence-corrected chi connectivity index (χ3v) is 2.94. The molecule has 2 aromatic carbocycles. The van der Waals surface area contributed by atoms with Crippen molar-refractivity contribution in [3.05, 3.63) is 52.0 Å². The molecule has 2 N–H and O–H groups in total. The van der Waals surface area contributed by atoms with Crippen molar-refractivity contribution >= 4 is 21.6 Å². The summed E-state index contributed by atoms with van der Waals surface area (Å²) in [6.07, 6.45) is 0. The van der Waals surface area contributed by atoms with Gasteiger partial charge < -0.3 is 10.5 Å². The Bertz CT molecular complexity index is 683. The quantitative estimate of drug-likeness (QED) is 0.850. The molecule has 0 aliphatic carbocycles. The Morgan fingerprint density at radius 2 is 1.84 bits per heavy atom. The predicted molar refractivity (Wildman–Crippen MR) is 69.7 cm³/mol. The summed E-state index contributed by atoms with van der Waals surface area (Å²) in [5.41, 5.74) is 5.98. The fourth-order valence-corrected chi connectivity index (χ4v) is 1.77. The highest BCUT2D eigenvalue weighted by molar-refractivity contribution is 9.10. The summed E-state index contributed by atoms with van der Waals surface area (Å²) in [6.45, 7) is 0. The van der Waals surface area contributed by atoms with Gasteiger partial charge in [-0.2, -0.15) is 5.26 Å². The van der Waals surface area contributed by atoms with Crippen LogP contribution >= 0.6 is 15.9 Å². The molecule has 2 aromatic rings. The van der Waals surface area contributed by atoms with Crippen LogP contribution in [0, 0.1) is 23.0 Å². The summed E-state index contributed by atoms with van der Waals surface area (Å²) in [5.74, 6) is -1.42. The average Bonchev–Trinajstić information content (AvgIpc) is 2.38. The lowest BCUT2D eigenvalue weighted by atomic mass is 10.2. The van der Waals surface area contributed by atoms with Gasteiger partial charge in [-0.05, 0) is 40.2 Å². The second kappa shape index (κ2) is 5.24. The number of nitrogen functional groups attached to an aromatic ring is 1. The molecule has 2 rings (SSSR count). The largest absolute Gasteiger partial charge is 0.452 e. The summed E-state index contributed by atoms with van der Waals surface area (Å²) in [5, 5.41) is 8.62. The van der Waals surface area contributed by atoms with E-state index in [4.69, 9.17) is 15.7 Å². The molecule has 0 atom stereocenters. The van der Waals surface area contributed by atoms with E-state index in [-0.39, 0.29) is 27.2 Å². The van der Waals surface area contributed by atoms with Crippen molar-refractivity contribution in [2.24, 2.45) is 0 Å². The van der Waals surface area contributed by atoms with E-state index in [1.807, 2.05) is 0 Å². The van der Waals surface area contributed by atoms with Gasteiger partial charge in [0.25, 0.3) is 0 Å². The molecule has 0 spiro atoms. The van der Waals surface area contributed by atoms with E-state index in [2.05, 4.69) is 15.9 Å². The van der Waals surface area contributed by atoms with Crippen LogP contribution in [-0.4, -0.2) is 0 Å². The number of nitrogens with zero attached hydrogens (tertiary/aromatic N) is 1. The Balaban J connectivity index is 2.37. The molecule has 6 heteroatoms. The zero-order valence-corrected chi connectivity index (χ0v) is 11.0. The Hall–Kier alpha value is -2.13. The number of anilines is 1. The van der Waals surface area contributed by atoms with Crippen LogP contribution in [0.5, 0.6) is 11.5 Å². The molecule has 0 radical (unpaired) electrons. The van der Waals surface area contributed by atoms with Crippen LogP contribution in [-0.2, 0) is 0 Å². The van der Waals surface area contributed by atoms with Crippen LogP contribution in [0.4, 0.5) is 14.5 Å². The molecule has 0 aliphatic rings. The van der Waals surface area contributed by atoms with Crippen molar-refractivity contribution in [1.82, 2.24) is 0 Å². The summed E-state index contributed by atoms with van der Waals surface area (Å²) in [4.78, 5) is 0. The maximum atomic E-state index is 13.6. The average molecular weight is 325 g/mol. The highest BCUT2D eigenvalue weighted by atomic mass is 79.9. The first-order valence-electron chi connectivity index (χ1n) is 5.13. The lowest BCUT2D eigenvalue weighted by Crippen LogP contribution is -1.96. The van der Waals surface area contributed by atoms with Crippen LogP contribution < -0.4 is 10.5 Å². The maximum absolute atomic E-state index is 13.6. The Morgan fingerprint density at radius 3 is 2.47 bits per heavy atom. The predicted octanol–water partition coefficient (Wildman–Crippen LogP) is 3.97. The van der Waals surface area contributed by atoms with Crippen molar-refractivity contribution in [3.8, 4) is 17.6 Å². The molecule has 0 bridgehead atoms. The van der Waals surface area contributed by atoms with E-state index in [1.165, 1.54) is 18.2 Å². The van der Waals surface area contributed by atoms with Crippen LogP contribution in [0.15, 0.2) is 34.8 Å². The Morgan fingerprint density at radius 1 is 1.11 bits per heavy atom. The van der Waals surface area contributed by atoms with Crippen molar-refractivity contribution in [3.63, 3.8) is 0 Å². The number of nitriles is 1. The van der Waals surface area contributed by atoms with Gasteiger partial charge >= 0.3 is 0 Å². The molecule has 0 fully saturated rings. The van der Waals surface area contributed by atoms with Gasteiger partial charge in [0.05, 0.1) is 21.8 Å². The third-order valence-electron chi connectivity index (χ3n) is 2.33. The fraction of sp³-hybridized carbons (Fsp3) is 0. The van der Waals surface area contributed by atoms with Crippen LogP contribution in [0.25, 0.3) is 0 Å². The molecule has 3 nitrogen and oxygen atoms in total. The van der Waals surface area contributed by atoms with E-state index in [9.17, 15) is 8.78 Å². The van der Waals surface area contributed by atoms with Crippen molar-refractivity contribution in [1.29, 1.82) is 5.26 Å². The normalized spacial score (nSPS) is 10.0. The van der Waals surface area contributed by atoms with Gasteiger partial charge in [0.1, 0.15) is 5.82 Å². The minimum absolute atomic E-state index is 0.00399. The molecule has 0 aromatic heterocycles. The number of hydrogen-bond donors (Lipinski definition) is 1. The lowest BCUT2D eigenvalue weighted by molar-refractivity contribution is 0.440. The summed E-state index contributed by atoms with van der Waals surface area (Å²) < 4.78 is 32.4. The smallest absolute Gasteiger partial charge is 0.167 e. The van der Waals surface area contributed by atoms with Crippen molar-refractivity contribution in [2.75, 3.05) is 5.73 Å². The molecule has 0 saturated heterocycles. The minimum Gasteiger partial charge on any atom is -0.452 e. The highest BCUT2D eigenvalue weighted by Gasteiger charge is 2.11. The van der Waals surface area contributed by atoms with Crippen LogP contribution in [0.3, 0.4) is 0 Å². The van der Waals surface area contributed by atoms with Gasteiger partial charge in [-0.25, -0.2) is 8.78 Å². The standard InChI is InChI=1S/C13H7BrF2N2O/c14-8-4-11(18)13(5-9(8)15)19-12-2-1-7(6-17)3-10(12)16/h1-5H,18H2. The first-order chi connectivity index (χ1) is 9.01. The number of hydrogen-bond acceptors (Lipinski definition) is 3. The zero-order valence-electron chi connectivity index (χ0n) is 9.45. The first-order valence-corrected chi connectivity index (χ1v) is 5.92. The summed E-state index contributed by atoms with van der Waals surface area (Å²) >= 11 is 2.98. The number of ether oxygens (including phenoxy) is 1. The topological polar surface area (TPSA) is 59.0 Å². The minimum atomic E-state index is -0.721. The molecule has 0 unspecified atom stereocenters. The number of nitrogens with two attached hydrogens (primary N) is 1. The molecule has 0 amide bonds. The van der Waals surface area contributed by atoms with Crippen LogP contribution in [0.2, 0.25) is 0 Å². The number of rotatable bonds is 2. The van der Waals surface area contributed by atoms with Gasteiger partial charge in [0.15, 0.2) is 17.3 Å². The van der Waals surface area contributed by atoms with E-state index >= 15 is 0 Å². The summed E-state index contributed by atoms with van der Waals surface area (Å²) in [6, 6.07) is 7.88. The number of halogens is 3. The van der Waals surface area contributed by atoms with Gasteiger partial charge in [-0.3, -0.25) is 0 Å². The van der Waals surface area contributed by atoms with E-state index in [1.54, 1.807) is 6.07 Å². The van der Waals surface area contributed by atoms with Gasteiger partial charge in [-0.15, -0.1) is 0 Å². The van der Waals surface area contributed by atoms with Crippen molar-refractivity contribution < 1.29 is 13.5 Å². The fourth-order valence-electron chi connectivity index (χ4n) is 1.40. The van der Waals surface area contributed by atoms with Gasteiger partial charge in [0, 0.05) is 6.07 Å². The lowest BCUT2D eigenvalue weighted by Gasteiger charge is -2.10. The molecule has 19 heavy (non-hydrogen) atoms. The molecular formula is C13H7BrF2N2O.